The summed E-state index contributed by atoms with van der Waals surface area (Å²) in [4.78, 5) is 16.9. The van der Waals surface area contributed by atoms with Crippen LogP contribution in [0.2, 0.25) is 0 Å². The fraction of sp³-hybridized carbons (Fsp3) is 0.294. The van der Waals surface area contributed by atoms with E-state index in [1.54, 1.807) is 41.8 Å². The molecule has 4 heterocycles. The summed E-state index contributed by atoms with van der Waals surface area (Å²) in [5.74, 6) is -0.105. The number of ether oxygens (including phenoxy) is 2. The van der Waals surface area contributed by atoms with Crippen molar-refractivity contribution in [2.75, 3.05) is 20.8 Å². The SMILES string of the molecule is COC(CN1C(=O)c2n[nH]c(-c3cccs3)c2C1c1cccs1)OC. The molecule has 0 radical (unpaired) electrons. The largest absolute Gasteiger partial charge is 0.354 e. The number of aromatic nitrogens is 2. The van der Waals surface area contributed by atoms with Gasteiger partial charge in [-0.3, -0.25) is 9.89 Å². The number of aromatic amines is 1. The fourth-order valence-electron chi connectivity index (χ4n) is 3.13. The van der Waals surface area contributed by atoms with Crippen LogP contribution in [-0.2, 0) is 9.47 Å². The minimum atomic E-state index is -0.482. The van der Waals surface area contributed by atoms with Gasteiger partial charge in [0, 0.05) is 24.7 Å². The van der Waals surface area contributed by atoms with Gasteiger partial charge in [-0.2, -0.15) is 5.10 Å². The molecule has 25 heavy (non-hydrogen) atoms. The van der Waals surface area contributed by atoms with Gasteiger partial charge in [0.2, 0.25) is 0 Å². The zero-order valence-corrected chi connectivity index (χ0v) is 15.4. The minimum Gasteiger partial charge on any atom is -0.354 e. The van der Waals surface area contributed by atoms with Crippen molar-refractivity contribution in [2.45, 2.75) is 12.3 Å². The molecule has 8 heteroatoms. The van der Waals surface area contributed by atoms with E-state index in [0.717, 1.165) is 21.0 Å². The first-order valence-corrected chi connectivity index (χ1v) is 9.52. The highest BCUT2D eigenvalue weighted by atomic mass is 32.1. The lowest BCUT2D eigenvalue weighted by molar-refractivity contribution is -0.113. The van der Waals surface area contributed by atoms with E-state index in [-0.39, 0.29) is 11.9 Å². The van der Waals surface area contributed by atoms with Gasteiger partial charge in [0.05, 0.1) is 23.2 Å². The van der Waals surface area contributed by atoms with Crippen molar-refractivity contribution < 1.29 is 14.3 Å². The van der Waals surface area contributed by atoms with Crippen LogP contribution in [0.25, 0.3) is 10.6 Å². The van der Waals surface area contributed by atoms with Crippen molar-refractivity contribution in [3.05, 3.63) is 51.2 Å². The number of thiophene rings is 2. The molecule has 4 rings (SSSR count). The number of hydrogen-bond acceptors (Lipinski definition) is 6. The van der Waals surface area contributed by atoms with E-state index in [1.807, 2.05) is 35.0 Å². The Hall–Kier alpha value is -2.00. The van der Waals surface area contributed by atoms with Gasteiger partial charge >= 0.3 is 0 Å². The Morgan fingerprint density at radius 2 is 2.00 bits per heavy atom. The lowest BCUT2D eigenvalue weighted by Gasteiger charge is -2.28. The molecule has 3 aromatic rings. The summed E-state index contributed by atoms with van der Waals surface area (Å²) >= 11 is 3.25. The van der Waals surface area contributed by atoms with Crippen molar-refractivity contribution in [1.29, 1.82) is 0 Å². The predicted octanol–water partition coefficient (Wildman–Crippen LogP) is 3.36. The number of nitrogens with one attached hydrogen (secondary N) is 1. The number of methoxy groups -OCH3 is 2. The summed E-state index contributed by atoms with van der Waals surface area (Å²) in [5.41, 5.74) is 2.32. The molecule has 0 saturated carbocycles. The average molecular weight is 375 g/mol. The summed E-state index contributed by atoms with van der Waals surface area (Å²) in [6, 6.07) is 7.88. The van der Waals surface area contributed by atoms with E-state index in [0.29, 0.717) is 12.2 Å². The quantitative estimate of drug-likeness (QED) is 0.671. The van der Waals surface area contributed by atoms with Gasteiger partial charge in [-0.15, -0.1) is 22.7 Å². The molecule has 0 saturated heterocycles. The zero-order chi connectivity index (χ0) is 17.4. The number of fused-ring (bicyclic) bond motifs is 1. The van der Waals surface area contributed by atoms with Crippen LogP contribution >= 0.6 is 22.7 Å². The van der Waals surface area contributed by atoms with Crippen LogP contribution in [0.4, 0.5) is 0 Å². The molecule has 0 aliphatic carbocycles. The van der Waals surface area contributed by atoms with E-state index in [9.17, 15) is 4.79 Å². The number of amides is 1. The van der Waals surface area contributed by atoms with E-state index in [4.69, 9.17) is 9.47 Å². The summed E-state index contributed by atoms with van der Waals surface area (Å²) in [6.07, 6.45) is -0.482. The van der Waals surface area contributed by atoms with Crippen molar-refractivity contribution in [2.24, 2.45) is 0 Å². The third-order valence-corrected chi connectivity index (χ3v) is 6.12. The van der Waals surface area contributed by atoms with Crippen LogP contribution in [0.5, 0.6) is 0 Å². The molecule has 0 spiro atoms. The molecular formula is C17H17N3O3S2. The van der Waals surface area contributed by atoms with Crippen LogP contribution in [0.1, 0.15) is 27.0 Å². The molecule has 3 aromatic heterocycles. The predicted molar refractivity (Wildman–Crippen MR) is 96.9 cm³/mol. The highest BCUT2D eigenvalue weighted by molar-refractivity contribution is 7.13. The van der Waals surface area contributed by atoms with E-state index < -0.39 is 6.29 Å². The molecule has 1 unspecified atom stereocenters. The first-order chi connectivity index (χ1) is 12.2. The van der Waals surface area contributed by atoms with Crippen molar-refractivity contribution >= 4 is 28.6 Å². The van der Waals surface area contributed by atoms with Gasteiger partial charge in [-0.25, -0.2) is 0 Å². The summed E-state index contributed by atoms with van der Waals surface area (Å²) in [6.45, 7) is 0.342. The number of carbonyl (C=O) groups excluding carboxylic acids is 1. The summed E-state index contributed by atoms with van der Waals surface area (Å²) in [7, 11) is 3.15. The van der Waals surface area contributed by atoms with Crippen LogP contribution < -0.4 is 0 Å². The van der Waals surface area contributed by atoms with Crippen LogP contribution in [0.3, 0.4) is 0 Å². The number of nitrogens with zero attached hydrogens (tertiary/aromatic N) is 2. The van der Waals surface area contributed by atoms with Gasteiger partial charge < -0.3 is 14.4 Å². The van der Waals surface area contributed by atoms with Gasteiger partial charge in [-0.05, 0) is 22.9 Å². The maximum Gasteiger partial charge on any atom is 0.275 e. The number of rotatable bonds is 6. The second-order valence-electron chi connectivity index (χ2n) is 5.61. The van der Waals surface area contributed by atoms with Gasteiger partial charge in [0.25, 0.3) is 5.91 Å². The molecule has 1 amide bonds. The topological polar surface area (TPSA) is 67.5 Å². The average Bonchev–Trinajstić information content (AvgIpc) is 3.40. The number of hydrogen-bond donors (Lipinski definition) is 1. The highest BCUT2D eigenvalue weighted by Crippen LogP contribution is 2.44. The Morgan fingerprint density at radius 1 is 1.24 bits per heavy atom. The van der Waals surface area contributed by atoms with Gasteiger partial charge in [-0.1, -0.05) is 12.1 Å². The highest BCUT2D eigenvalue weighted by Gasteiger charge is 2.43. The second kappa shape index (κ2) is 6.72. The van der Waals surface area contributed by atoms with Gasteiger partial charge in [0.15, 0.2) is 12.0 Å². The molecule has 1 atom stereocenters. The molecule has 1 N–H and O–H groups in total. The summed E-state index contributed by atoms with van der Waals surface area (Å²) in [5, 5.41) is 11.4. The molecule has 6 nitrogen and oxygen atoms in total. The molecule has 0 fully saturated rings. The van der Waals surface area contributed by atoms with Crippen molar-refractivity contribution in [3.8, 4) is 10.6 Å². The Morgan fingerprint density at radius 3 is 2.64 bits per heavy atom. The lowest BCUT2D eigenvalue weighted by atomic mass is 10.0. The molecule has 0 aromatic carbocycles. The second-order valence-corrected chi connectivity index (χ2v) is 7.54. The van der Waals surface area contributed by atoms with E-state index in [1.165, 1.54) is 0 Å². The Labute approximate surface area is 153 Å². The van der Waals surface area contributed by atoms with E-state index in [2.05, 4.69) is 10.2 Å². The smallest absolute Gasteiger partial charge is 0.275 e. The third kappa shape index (κ3) is 2.71. The third-order valence-electron chi connectivity index (χ3n) is 4.30. The Kier molecular flexibility index (Phi) is 4.43. The molecule has 1 aliphatic heterocycles. The standard InChI is InChI=1S/C17H17N3O3S2/c1-22-12(23-2)9-20-16(11-6-4-8-25-11)13-14(10-5-3-7-24-10)18-19-15(13)17(20)21/h3-8,12,16H,9H2,1-2H3,(H,18,19). The normalized spacial score (nSPS) is 16.8. The molecule has 130 valence electrons. The fourth-order valence-corrected chi connectivity index (χ4v) is 4.71. The first-order valence-electron chi connectivity index (χ1n) is 7.76. The zero-order valence-electron chi connectivity index (χ0n) is 13.8. The molecular weight excluding hydrogens is 358 g/mol. The van der Waals surface area contributed by atoms with Crippen LogP contribution in [0.15, 0.2) is 35.0 Å². The lowest BCUT2D eigenvalue weighted by Crippen LogP contribution is -2.37. The Balaban J connectivity index is 1.81. The van der Waals surface area contributed by atoms with Crippen molar-refractivity contribution in [1.82, 2.24) is 15.1 Å². The number of H-pyrrole nitrogens is 1. The molecule has 0 bridgehead atoms. The minimum absolute atomic E-state index is 0.105. The van der Waals surface area contributed by atoms with E-state index >= 15 is 0 Å². The van der Waals surface area contributed by atoms with Crippen molar-refractivity contribution in [3.63, 3.8) is 0 Å². The maximum absolute atomic E-state index is 13.0. The maximum atomic E-state index is 13.0. The summed E-state index contributed by atoms with van der Waals surface area (Å²) < 4.78 is 10.6. The van der Waals surface area contributed by atoms with Crippen LogP contribution in [-0.4, -0.2) is 48.1 Å². The molecule has 1 aliphatic rings. The number of carbonyl (C=O) groups is 1. The monoisotopic (exact) mass is 375 g/mol. The first kappa shape index (κ1) is 16.5. The Bertz CT molecular complexity index is 854. The van der Waals surface area contributed by atoms with Crippen LogP contribution in [0, 0.1) is 0 Å². The van der Waals surface area contributed by atoms with Gasteiger partial charge in [0.1, 0.15) is 0 Å².